The maximum atomic E-state index is 10.3. The van der Waals surface area contributed by atoms with Crippen LogP contribution in [0.15, 0.2) is 119 Å². The lowest BCUT2D eigenvalue weighted by molar-refractivity contribution is 0.201. The Balaban J connectivity index is 0.717. The third-order valence-corrected chi connectivity index (χ3v) is 15.7. The van der Waals surface area contributed by atoms with E-state index in [2.05, 4.69) is 133 Å². The van der Waals surface area contributed by atoms with Crippen LogP contribution < -0.4 is 9.80 Å². The van der Waals surface area contributed by atoms with Gasteiger partial charge in [-0.05, 0) is 123 Å². The van der Waals surface area contributed by atoms with Crippen molar-refractivity contribution >= 4 is 28.4 Å². The van der Waals surface area contributed by atoms with Crippen LogP contribution in [-0.4, -0.2) is 81.3 Å². The molecular weight excluding hydrogens is 813 g/mol. The van der Waals surface area contributed by atoms with E-state index in [1.807, 2.05) is 19.1 Å². The minimum absolute atomic E-state index is 0.274. The SMILES string of the molecule is Cc1sc2c(c1C)C(c1ccc(N3CCN(CC4CCN(c5ccc([C@@H]6c7ccc(O)cc7CC[C@@H]6c6ccccc6)cc5)CC4)CC3)cc1)=N[C@@H](Cc1ncco1)c1nnc(C)n1-2. The minimum Gasteiger partial charge on any atom is -0.508 e. The fraction of sp³-hybridized carbons (Fsp3) is 0.358. The monoisotopic (exact) mass is 868 g/mol. The summed E-state index contributed by atoms with van der Waals surface area (Å²) in [5.41, 5.74) is 12.5. The van der Waals surface area contributed by atoms with Crippen LogP contribution >= 0.6 is 11.3 Å². The summed E-state index contributed by atoms with van der Waals surface area (Å²) in [5.74, 6) is 4.10. The molecule has 6 heterocycles. The van der Waals surface area contributed by atoms with Gasteiger partial charge in [0.1, 0.15) is 28.9 Å². The van der Waals surface area contributed by atoms with Crippen molar-refractivity contribution in [3.8, 4) is 10.8 Å². The number of piperidine rings is 1. The molecule has 0 bridgehead atoms. The molecule has 11 rings (SSSR count). The van der Waals surface area contributed by atoms with Gasteiger partial charge >= 0.3 is 0 Å². The number of hydrogen-bond donors (Lipinski definition) is 1. The Bertz CT molecular complexity index is 2760. The maximum absolute atomic E-state index is 10.3. The van der Waals surface area contributed by atoms with Crippen molar-refractivity contribution in [2.75, 3.05) is 55.6 Å². The van der Waals surface area contributed by atoms with Crippen LogP contribution in [-0.2, 0) is 12.8 Å². The molecule has 1 N–H and O–H groups in total. The van der Waals surface area contributed by atoms with Gasteiger partial charge in [-0.25, -0.2) is 4.98 Å². The molecular formula is C53H56N8O2S. The van der Waals surface area contributed by atoms with E-state index in [-0.39, 0.29) is 12.0 Å². The molecule has 3 atom stereocenters. The van der Waals surface area contributed by atoms with Gasteiger partial charge in [0.2, 0.25) is 0 Å². The normalized spacial score (nSPS) is 20.4. The number of phenolic OH excluding ortho intramolecular Hbond substituents is 1. The maximum Gasteiger partial charge on any atom is 0.196 e. The zero-order valence-corrected chi connectivity index (χ0v) is 37.8. The number of nitrogens with zero attached hydrogens (tertiary/aromatic N) is 8. The van der Waals surface area contributed by atoms with Crippen LogP contribution in [0.3, 0.4) is 0 Å². The molecule has 7 aromatic rings. The molecule has 0 spiro atoms. The molecule has 10 nitrogen and oxygen atoms in total. The quantitative estimate of drug-likeness (QED) is 0.153. The molecule has 2 saturated heterocycles. The lowest BCUT2D eigenvalue weighted by Gasteiger charge is -2.40. The summed E-state index contributed by atoms with van der Waals surface area (Å²) in [7, 11) is 0. The third kappa shape index (κ3) is 7.72. The molecule has 3 aliphatic heterocycles. The van der Waals surface area contributed by atoms with Gasteiger partial charge in [0.05, 0.1) is 18.3 Å². The Morgan fingerprint density at radius 3 is 2.23 bits per heavy atom. The molecule has 1 aliphatic carbocycles. The summed E-state index contributed by atoms with van der Waals surface area (Å²) in [6, 6.07) is 35.2. The number of hydrogen-bond acceptors (Lipinski definition) is 10. The minimum atomic E-state index is -0.280. The number of aromatic nitrogens is 4. The molecule has 0 unspecified atom stereocenters. The first-order valence-electron chi connectivity index (χ1n) is 23.1. The number of benzene rings is 4. The van der Waals surface area contributed by atoms with Gasteiger partial charge < -0.3 is 19.3 Å². The zero-order chi connectivity index (χ0) is 43.3. The van der Waals surface area contributed by atoms with E-state index >= 15 is 0 Å². The van der Waals surface area contributed by atoms with Gasteiger partial charge in [0.15, 0.2) is 11.7 Å². The highest BCUT2D eigenvalue weighted by molar-refractivity contribution is 7.15. The Hall–Kier alpha value is -6.04. The van der Waals surface area contributed by atoms with Crippen molar-refractivity contribution in [1.29, 1.82) is 0 Å². The summed E-state index contributed by atoms with van der Waals surface area (Å²) in [5, 5.41) is 20.5. The third-order valence-electron chi connectivity index (χ3n) is 14.5. The van der Waals surface area contributed by atoms with Crippen LogP contribution in [0, 0.1) is 26.7 Å². The van der Waals surface area contributed by atoms with Gasteiger partial charge in [-0.2, -0.15) is 0 Å². The average Bonchev–Trinajstić information content (AvgIpc) is 4.04. The molecule has 4 aromatic carbocycles. The van der Waals surface area contributed by atoms with Crippen LogP contribution in [0.4, 0.5) is 11.4 Å². The number of phenols is 1. The van der Waals surface area contributed by atoms with E-state index in [0.717, 1.165) is 91.5 Å². The van der Waals surface area contributed by atoms with Crippen molar-refractivity contribution in [2.24, 2.45) is 10.9 Å². The first kappa shape index (κ1) is 40.7. The second-order valence-corrected chi connectivity index (χ2v) is 19.5. The smallest absolute Gasteiger partial charge is 0.196 e. The molecule has 2 fully saturated rings. The highest BCUT2D eigenvalue weighted by atomic mass is 32.1. The van der Waals surface area contributed by atoms with E-state index in [0.29, 0.717) is 24.0 Å². The fourth-order valence-corrected chi connectivity index (χ4v) is 12.2. The van der Waals surface area contributed by atoms with Crippen molar-refractivity contribution in [2.45, 2.75) is 70.8 Å². The van der Waals surface area contributed by atoms with E-state index in [4.69, 9.17) is 9.41 Å². The first-order valence-corrected chi connectivity index (χ1v) is 23.9. The van der Waals surface area contributed by atoms with Crippen molar-refractivity contribution in [1.82, 2.24) is 24.6 Å². The van der Waals surface area contributed by atoms with Gasteiger partial charge in [-0.3, -0.25) is 14.5 Å². The number of rotatable bonds is 9. The fourth-order valence-electron chi connectivity index (χ4n) is 11.0. The second kappa shape index (κ2) is 17.2. The van der Waals surface area contributed by atoms with Gasteiger partial charge in [0.25, 0.3) is 0 Å². The number of aromatic hydroxyl groups is 1. The topological polar surface area (TPSA) is 99.1 Å². The predicted molar refractivity (Wildman–Crippen MR) is 256 cm³/mol. The standard InChI is InChI=1S/C53H56N8O2S/c1-34-35(2)64-53-49(34)51(55-47(32-48-54-23-30-63-48)52-57-56-36(3)61(52)53)40-11-16-43(17-12-40)60-28-26-58(27-29-60)33-37-21-24-59(25-22-37)42-14-9-39(10-15-42)50-45(38-7-5-4-6-8-38)19-13-41-31-44(62)18-20-46(41)50/h4-12,14-18,20,23,30-31,37,45,47,50,62H,13,19,21-22,24-29,32-33H2,1-3H3/t45-,47+,50+/m1/s1. The van der Waals surface area contributed by atoms with Gasteiger partial charge in [-0.15, -0.1) is 21.5 Å². The van der Waals surface area contributed by atoms with Crippen LogP contribution in [0.5, 0.6) is 5.75 Å². The van der Waals surface area contributed by atoms with Crippen molar-refractivity contribution in [3.63, 3.8) is 0 Å². The molecule has 64 heavy (non-hydrogen) atoms. The van der Waals surface area contributed by atoms with E-state index < -0.39 is 0 Å². The summed E-state index contributed by atoms with van der Waals surface area (Å²) >= 11 is 1.78. The van der Waals surface area contributed by atoms with E-state index in [9.17, 15) is 5.11 Å². The Labute approximate surface area is 379 Å². The Morgan fingerprint density at radius 1 is 0.766 bits per heavy atom. The molecule has 0 amide bonds. The largest absolute Gasteiger partial charge is 0.508 e. The van der Waals surface area contributed by atoms with Crippen LogP contribution in [0.2, 0.25) is 0 Å². The lowest BCUT2D eigenvalue weighted by Crippen LogP contribution is -2.49. The molecule has 3 aromatic heterocycles. The molecule has 0 saturated carbocycles. The van der Waals surface area contributed by atoms with Gasteiger partial charge in [0, 0.05) is 79.1 Å². The van der Waals surface area contributed by atoms with Crippen LogP contribution in [0.25, 0.3) is 5.00 Å². The number of oxazole rings is 1. The van der Waals surface area contributed by atoms with Crippen LogP contribution in [0.1, 0.15) is 98.5 Å². The van der Waals surface area contributed by atoms with Crippen molar-refractivity contribution < 1.29 is 9.52 Å². The van der Waals surface area contributed by atoms with E-state index in [1.54, 1.807) is 23.8 Å². The molecule has 11 heteroatoms. The number of anilines is 2. The molecule has 0 radical (unpaired) electrons. The summed E-state index contributed by atoms with van der Waals surface area (Å²) in [4.78, 5) is 19.0. The highest BCUT2D eigenvalue weighted by Gasteiger charge is 2.34. The average molecular weight is 869 g/mol. The zero-order valence-electron chi connectivity index (χ0n) is 37.0. The summed E-state index contributed by atoms with van der Waals surface area (Å²) < 4.78 is 7.87. The second-order valence-electron chi connectivity index (χ2n) is 18.3. The number of piperazine rings is 1. The molecule has 4 aliphatic rings. The van der Waals surface area contributed by atoms with E-state index in [1.165, 1.54) is 63.5 Å². The predicted octanol–water partition coefficient (Wildman–Crippen LogP) is 9.98. The summed E-state index contributed by atoms with van der Waals surface area (Å²) in [6.07, 6.45) is 8.34. The molecule has 326 valence electrons. The number of fused-ring (bicyclic) bond motifs is 4. The Kier molecular flexibility index (Phi) is 10.9. The number of thiophene rings is 1. The van der Waals surface area contributed by atoms with Gasteiger partial charge in [-0.1, -0.05) is 60.7 Å². The summed E-state index contributed by atoms with van der Waals surface area (Å²) in [6.45, 7) is 14.0. The van der Waals surface area contributed by atoms with Crippen molar-refractivity contribution in [3.05, 3.63) is 171 Å². The lowest BCUT2D eigenvalue weighted by atomic mass is 9.69. The highest BCUT2D eigenvalue weighted by Crippen LogP contribution is 2.47. The first-order chi connectivity index (χ1) is 31.3. The number of aryl methyl sites for hydroxylation is 3. The Morgan fingerprint density at radius 2 is 1.50 bits per heavy atom. The number of aliphatic imine (C=N–C) groups is 1.